The van der Waals surface area contributed by atoms with E-state index in [0.717, 1.165) is 22.3 Å². The molecule has 0 aliphatic rings. The van der Waals surface area contributed by atoms with Crippen molar-refractivity contribution in [2.45, 2.75) is 6.92 Å². The number of nitrogen functional groups attached to an aromatic ring is 1. The summed E-state index contributed by atoms with van der Waals surface area (Å²) in [6.45, 7) is 2.43. The van der Waals surface area contributed by atoms with Gasteiger partial charge in [0.2, 0.25) is 0 Å². The van der Waals surface area contributed by atoms with E-state index in [1.165, 1.54) is 19.8 Å². The predicted octanol–water partition coefficient (Wildman–Crippen LogP) is 3.81. The number of anilines is 1. The van der Waals surface area contributed by atoms with Crippen LogP contribution in [0, 0.1) is 6.92 Å². The van der Waals surface area contributed by atoms with Crippen LogP contribution in [0.5, 0.6) is 11.5 Å². The van der Waals surface area contributed by atoms with Gasteiger partial charge in [-0.1, -0.05) is 35.9 Å². The van der Waals surface area contributed by atoms with Crippen LogP contribution >= 0.6 is 0 Å². The average molecular weight is 366 g/mol. The van der Waals surface area contributed by atoms with E-state index in [1.54, 1.807) is 24.4 Å². The number of aryl methyl sites for hydroxylation is 1. The lowest BCUT2D eigenvalue weighted by molar-refractivity contribution is -0.126. The van der Waals surface area contributed by atoms with Gasteiger partial charge in [-0.3, -0.25) is 4.79 Å². The average Bonchev–Trinajstić information content (AvgIpc) is 2.70. The molecule has 0 radical (unpaired) electrons. The minimum atomic E-state index is 0.0949. The normalized spacial score (nSPS) is 9.74. The number of methoxy groups -OCH3 is 2. The van der Waals surface area contributed by atoms with E-state index in [9.17, 15) is 5.11 Å². The molecular weight excluding hydrogens is 344 g/mol. The Morgan fingerprint density at radius 1 is 1.00 bits per heavy atom. The van der Waals surface area contributed by atoms with Crippen LogP contribution in [-0.4, -0.2) is 30.8 Å². The lowest BCUT2D eigenvalue weighted by Crippen LogP contribution is -1.95. The van der Waals surface area contributed by atoms with Crippen LogP contribution in [0.2, 0.25) is 0 Å². The Kier molecular flexibility index (Phi) is 6.77. The molecule has 0 spiro atoms. The summed E-state index contributed by atoms with van der Waals surface area (Å²) in [7, 11) is 2.83. The maximum absolute atomic E-state index is 9.74. The molecule has 0 unspecified atom stereocenters. The Hall–Kier alpha value is -3.54. The zero-order valence-corrected chi connectivity index (χ0v) is 15.5. The molecule has 2 aromatic carbocycles. The fourth-order valence-corrected chi connectivity index (χ4v) is 2.46. The lowest BCUT2D eigenvalue weighted by Gasteiger charge is -2.11. The van der Waals surface area contributed by atoms with Crippen molar-refractivity contribution in [2.75, 3.05) is 20.0 Å². The van der Waals surface area contributed by atoms with Crippen molar-refractivity contribution < 1.29 is 19.4 Å². The first-order chi connectivity index (χ1) is 13.0. The van der Waals surface area contributed by atoms with Crippen LogP contribution in [0.4, 0.5) is 5.82 Å². The molecule has 0 bridgehead atoms. The summed E-state index contributed by atoms with van der Waals surface area (Å²) in [5.41, 5.74) is 11.0. The molecule has 0 aliphatic carbocycles. The number of aromatic hydroxyl groups is 1. The molecule has 3 N–H and O–H groups in total. The number of nitrogens with zero attached hydrogens (tertiary/aromatic N) is 1. The smallest absolute Gasteiger partial charge is 0.292 e. The van der Waals surface area contributed by atoms with Gasteiger partial charge in [0.15, 0.2) is 11.5 Å². The topological polar surface area (TPSA) is 94.7 Å². The maximum atomic E-state index is 9.74. The van der Waals surface area contributed by atoms with Crippen molar-refractivity contribution >= 4 is 12.3 Å². The number of ether oxygens (including phenoxy) is 2. The number of pyridine rings is 1. The second kappa shape index (κ2) is 9.24. The molecule has 140 valence electrons. The summed E-state index contributed by atoms with van der Waals surface area (Å²) in [6, 6.07) is 15.4. The van der Waals surface area contributed by atoms with Gasteiger partial charge in [0.1, 0.15) is 5.82 Å². The van der Waals surface area contributed by atoms with E-state index in [1.807, 2.05) is 6.07 Å². The first-order valence-corrected chi connectivity index (χ1v) is 8.16. The highest BCUT2D eigenvalue weighted by Gasteiger charge is 2.10. The van der Waals surface area contributed by atoms with Crippen molar-refractivity contribution in [2.24, 2.45) is 0 Å². The number of nitrogens with two attached hydrogens (primary N) is 1. The van der Waals surface area contributed by atoms with E-state index in [-0.39, 0.29) is 5.75 Å². The van der Waals surface area contributed by atoms with Gasteiger partial charge < -0.3 is 20.3 Å². The zero-order valence-electron chi connectivity index (χ0n) is 15.5. The van der Waals surface area contributed by atoms with Crippen LogP contribution in [0.25, 0.3) is 22.3 Å². The molecule has 1 aromatic heterocycles. The standard InChI is InChI=1S/C19H18N2O2.C2H4O2/c1-12-3-5-13(6-4-12)15-9-16(19(20)21-11-15)14-7-8-17(22)18(10-14)23-2;1-4-2-3/h3-11,22H,1-2H3,(H2,20,21);2H,1H3. The fourth-order valence-electron chi connectivity index (χ4n) is 2.46. The molecule has 6 heteroatoms. The van der Waals surface area contributed by atoms with Crippen LogP contribution in [0.3, 0.4) is 0 Å². The molecule has 3 aromatic rings. The first kappa shape index (κ1) is 19.8. The van der Waals surface area contributed by atoms with Gasteiger partial charge in [0.05, 0.1) is 14.2 Å². The van der Waals surface area contributed by atoms with E-state index >= 15 is 0 Å². The molecule has 3 rings (SSSR count). The number of hydrogen-bond acceptors (Lipinski definition) is 6. The Bertz CT molecular complexity index is 909. The van der Waals surface area contributed by atoms with Gasteiger partial charge in [0.25, 0.3) is 6.47 Å². The molecule has 27 heavy (non-hydrogen) atoms. The Morgan fingerprint density at radius 2 is 1.63 bits per heavy atom. The number of phenols is 1. The van der Waals surface area contributed by atoms with Crippen LogP contribution in [0.15, 0.2) is 54.7 Å². The van der Waals surface area contributed by atoms with E-state index in [4.69, 9.17) is 15.3 Å². The summed E-state index contributed by atoms with van der Waals surface area (Å²) in [5, 5.41) is 9.74. The number of phenolic OH excluding ortho intramolecular Hbond substituents is 1. The summed E-state index contributed by atoms with van der Waals surface area (Å²) in [4.78, 5) is 13.3. The van der Waals surface area contributed by atoms with Crippen molar-refractivity contribution in [3.63, 3.8) is 0 Å². The number of hydrogen-bond donors (Lipinski definition) is 2. The van der Waals surface area contributed by atoms with Crippen LogP contribution in [-0.2, 0) is 9.53 Å². The molecule has 0 saturated carbocycles. The summed E-state index contributed by atoms with van der Waals surface area (Å²) < 4.78 is 9.02. The molecule has 0 fully saturated rings. The number of carbonyl (C=O) groups excluding carboxylic acids is 1. The quantitative estimate of drug-likeness (QED) is 0.682. The third-order valence-electron chi connectivity index (χ3n) is 3.89. The predicted molar refractivity (Wildman–Crippen MR) is 106 cm³/mol. The van der Waals surface area contributed by atoms with Crippen molar-refractivity contribution in [1.29, 1.82) is 0 Å². The summed E-state index contributed by atoms with van der Waals surface area (Å²) in [5.74, 6) is 0.939. The van der Waals surface area contributed by atoms with Crippen LogP contribution in [0.1, 0.15) is 5.56 Å². The van der Waals surface area contributed by atoms with Gasteiger partial charge in [-0.2, -0.15) is 0 Å². The van der Waals surface area contributed by atoms with Gasteiger partial charge in [-0.25, -0.2) is 4.98 Å². The van der Waals surface area contributed by atoms with E-state index in [0.29, 0.717) is 18.0 Å². The molecule has 0 atom stereocenters. The monoisotopic (exact) mass is 366 g/mol. The van der Waals surface area contributed by atoms with Gasteiger partial charge >= 0.3 is 0 Å². The van der Waals surface area contributed by atoms with Crippen molar-refractivity contribution in [1.82, 2.24) is 4.98 Å². The van der Waals surface area contributed by atoms with Gasteiger partial charge in [-0.15, -0.1) is 0 Å². The highest BCUT2D eigenvalue weighted by Crippen LogP contribution is 2.35. The molecule has 0 amide bonds. The molecule has 6 nitrogen and oxygen atoms in total. The SMILES string of the molecule is COC=O.COc1cc(-c2cc(-c3ccc(C)cc3)cnc2N)ccc1O. The minimum Gasteiger partial charge on any atom is -0.504 e. The summed E-state index contributed by atoms with van der Waals surface area (Å²) in [6.07, 6.45) is 1.77. The van der Waals surface area contributed by atoms with Crippen molar-refractivity contribution in [3.8, 4) is 33.8 Å². The molecule has 1 heterocycles. The largest absolute Gasteiger partial charge is 0.504 e. The van der Waals surface area contributed by atoms with Crippen LogP contribution < -0.4 is 10.5 Å². The number of rotatable bonds is 4. The molecule has 0 aliphatic heterocycles. The first-order valence-electron chi connectivity index (χ1n) is 8.16. The third kappa shape index (κ3) is 4.98. The van der Waals surface area contributed by atoms with Gasteiger partial charge in [0, 0.05) is 17.3 Å². The summed E-state index contributed by atoms with van der Waals surface area (Å²) >= 11 is 0. The third-order valence-corrected chi connectivity index (χ3v) is 3.89. The fraction of sp³-hybridized carbons (Fsp3) is 0.143. The molecule has 0 saturated heterocycles. The molecular formula is C21H22N2O4. The van der Waals surface area contributed by atoms with Crippen molar-refractivity contribution in [3.05, 3.63) is 60.3 Å². The van der Waals surface area contributed by atoms with Gasteiger partial charge in [-0.05, 0) is 36.2 Å². The Labute approximate surface area is 158 Å². The number of benzene rings is 2. The maximum Gasteiger partial charge on any atom is 0.292 e. The number of carbonyl (C=O) groups is 1. The zero-order chi connectivity index (χ0) is 19.8. The lowest BCUT2D eigenvalue weighted by atomic mass is 10.00. The minimum absolute atomic E-state index is 0.0949. The number of aromatic nitrogens is 1. The second-order valence-corrected chi connectivity index (χ2v) is 5.74. The van der Waals surface area contributed by atoms with E-state index < -0.39 is 0 Å². The highest BCUT2D eigenvalue weighted by atomic mass is 16.5. The second-order valence-electron chi connectivity index (χ2n) is 5.74. The Morgan fingerprint density at radius 3 is 2.22 bits per heavy atom. The Balaban J connectivity index is 0.000000596. The highest BCUT2D eigenvalue weighted by molar-refractivity contribution is 5.80. The van der Waals surface area contributed by atoms with E-state index in [2.05, 4.69) is 40.9 Å².